The van der Waals surface area contributed by atoms with E-state index >= 15 is 0 Å². The van der Waals surface area contributed by atoms with Gasteiger partial charge in [-0.1, -0.05) is 18.2 Å². The highest BCUT2D eigenvalue weighted by Gasteiger charge is 2.13. The van der Waals surface area contributed by atoms with Crippen molar-refractivity contribution in [3.8, 4) is 0 Å². The topological polar surface area (TPSA) is 0 Å². The van der Waals surface area contributed by atoms with Crippen LogP contribution in [0.3, 0.4) is 0 Å². The van der Waals surface area contributed by atoms with Gasteiger partial charge in [-0.25, -0.2) is 8.78 Å². The first-order valence-electron chi connectivity index (χ1n) is 5.34. The Morgan fingerprint density at radius 2 is 1.56 bits per heavy atom. The number of benzene rings is 2. The number of halogens is 4. The zero-order valence-corrected chi connectivity index (χ0v) is 11.9. The third kappa shape index (κ3) is 2.73. The van der Waals surface area contributed by atoms with Gasteiger partial charge in [-0.2, -0.15) is 0 Å². The van der Waals surface area contributed by atoms with E-state index in [1.165, 1.54) is 12.1 Å². The predicted octanol–water partition coefficient (Wildman–Crippen LogP) is 5.36. The highest BCUT2D eigenvalue weighted by molar-refractivity contribution is 9.10. The minimum atomic E-state index is -0.429. The summed E-state index contributed by atoms with van der Waals surface area (Å²) in [7, 11) is 0. The van der Waals surface area contributed by atoms with Crippen LogP contribution in [0.25, 0.3) is 0 Å². The second kappa shape index (κ2) is 5.37. The van der Waals surface area contributed by atoms with Crippen LogP contribution in [-0.4, -0.2) is 0 Å². The molecule has 0 amide bonds. The van der Waals surface area contributed by atoms with E-state index in [1.54, 1.807) is 31.2 Å². The van der Waals surface area contributed by atoms with Gasteiger partial charge in [0.05, 0.1) is 9.85 Å². The standard InChI is InChI=1S/C14H10BrClF2/c1-8-6-9(2-4-12(8)17)14(16)10-3-5-13(18)11(15)7-10/h2-7,14H,1H3. The van der Waals surface area contributed by atoms with Crippen LogP contribution in [0, 0.1) is 18.6 Å². The van der Waals surface area contributed by atoms with E-state index in [9.17, 15) is 8.78 Å². The number of rotatable bonds is 2. The molecule has 0 saturated heterocycles. The summed E-state index contributed by atoms with van der Waals surface area (Å²) in [5.74, 6) is -0.596. The van der Waals surface area contributed by atoms with Crippen LogP contribution in [0.1, 0.15) is 22.1 Å². The lowest BCUT2D eigenvalue weighted by Crippen LogP contribution is -1.96. The molecular formula is C14H10BrClF2. The maximum Gasteiger partial charge on any atom is 0.137 e. The van der Waals surface area contributed by atoms with Crippen LogP contribution in [0.4, 0.5) is 8.78 Å². The minimum absolute atomic E-state index is 0.261. The van der Waals surface area contributed by atoms with Gasteiger partial charge in [-0.05, 0) is 57.7 Å². The Morgan fingerprint density at radius 3 is 2.11 bits per heavy atom. The van der Waals surface area contributed by atoms with Gasteiger partial charge in [0.25, 0.3) is 0 Å². The Labute approximate surface area is 118 Å². The summed E-state index contributed by atoms with van der Waals surface area (Å²) in [4.78, 5) is 0. The number of aryl methyl sites for hydroxylation is 1. The smallest absolute Gasteiger partial charge is 0.137 e. The summed E-state index contributed by atoms with van der Waals surface area (Å²) in [5, 5.41) is -0.429. The van der Waals surface area contributed by atoms with Crippen LogP contribution in [-0.2, 0) is 0 Å². The molecule has 0 N–H and O–H groups in total. The van der Waals surface area contributed by atoms with Gasteiger partial charge in [0.15, 0.2) is 0 Å². The molecule has 0 bridgehead atoms. The minimum Gasteiger partial charge on any atom is -0.207 e. The molecule has 4 heteroatoms. The van der Waals surface area contributed by atoms with Crippen LogP contribution >= 0.6 is 27.5 Å². The lowest BCUT2D eigenvalue weighted by molar-refractivity contribution is 0.617. The Hall–Kier alpha value is -0.930. The van der Waals surface area contributed by atoms with E-state index in [4.69, 9.17) is 11.6 Å². The maximum atomic E-state index is 13.2. The molecule has 0 aliphatic carbocycles. The summed E-state index contributed by atoms with van der Waals surface area (Å²) in [6.45, 7) is 1.68. The molecule has 1 atom stereocenters. The maximum absolute atomic E-state index is 13.2. The highest BCUT2D eigenvalue weighted by Crippen LogP contribution is 2.31. The molecule has 18 heavy (non-hydrogen) atoms. The third-order valence-corrected chi connectivity index (χ3v) is 3.82. The first kappa shape index (κ1) is 13.5. The fourth-order valence-electron chi connectivity index (χ4n) is 1.69. The zero-order chi connectivity index (χ0) is 13.3. The predicted molar refractivity (Wildman–Crippen MR) is 72.9 cm³/mol. The SMILES string of the molecule is Cc1cc(C(Cl)c2ccc(F)c(Br)c2)ccc1F. The molecular weight excluding hydrogens is 322 g/mol. The van der Waals surface area contributed by atoms with Crippen LogP contribution in [0.5, 0.6) is 0 Å². The average molecular weight is 332 g/mol. The van der Waals surface area contributed by atoms with Crippen molar-refractivity contribution in [2.45, 2.75) is 12.3 Å². The molecule has 2 aromatic rings. The number of alkyl halides is 1. The molecule has 0 saturated carbocycles. The second-order valence-corrected chi connectivity index (χ2v) is 5.34. The molecule has 2 aromatic carbocycles. The molecule has 0 aliphatic heterocycles. The summed E-state index contributed by atoms with van der Waals surface area (Å²) in [6.07, 6.45) is 0. The summed E-state index contributed by atoms with van der Waals surface area (Å²) in [6, 6.07) is 9.33. The summed E-state index contributed by atoms with van der Waals surface area (Å²) < 4.78 is 26.7. The molecule has 0 aliphatic rings. The van der Waals surface area contributed by atoms with Gasteiger partial charge >= 0.3 is 0 Å². The quantitative estimate of drug-likeness (QED) is 0.650. The molecule has 0 heterocycles. The lowest BCUT2D eigenvalue weighted by Gasteiger charge is -2.12. The van der Waals surface area contributed by atoms with Crippen LogP contribution in [0.15, 0.2) is 40.9 Å². The van der Waals surface area contributed by atoms with Crippen LogP contribution in [0.2, 0.25) is 0 Å². The Kier molecular flexibility index (Phi) is 4.03. The van der Waals surface area contributed by atoms with Crippen molar-refractivity contribution in [3.05, 3.63) is 69.2 Å². The molecule has 94 valence electrons. The third-order valence-electron chi connectivity index (χ3n) is 2.71. The normalized spacial score (nSPS) is 12.5. The first-order chi connectivity index (χ1) is 8.49. The van der Waals surface area contributed by atoms with E-state index in [0.717, 1.165) is 11.1 Å². The Morgan fingerprint density at radius 1 is 1.00 bits per heavy atom. The van der Waals surface area contributed by atoms with Gasteiger partial charge in [0.1, 0.15) is 11.6 Å². The van der Waals surface area contributed by atoms with Crippen molar-refractivity contribution in [1.29, 1.82) is 0 Å². The van der Waals surface area contributed by atoms with Crippen molar-refractivity contribution < 1.29 is 8.78 Å². The van der Waals surface area contributed by atoms with Crippen molar-refractivity contribution in [2.75, 3.05) is 0 Å². The first-order valence-corrected chi connectivity index (χ1v) is 6.57. The van der Waals surface area contributed by atoms with E-state index in [2.05, 4.69) is 15.9 Å². The van der Waals surface area contributed by atoms with E-state index in [0.29, 0.717) is 10.0 Å². The van der Waals surface area contributed by atoms with Gasteiger partial charge in [-0.15, -0.1) is 11.6 Å². The highest BCUT2D eigenvalue weighted by atomic mass is 79.9. The van der Waals surface area contributed by atoms with Crippen molar-refractivity contribution in [2.24, 2.45) is 0 Å². The van der Waals surface area contributed by atoms with E-state index in [1.807, 2.05) is 0 Å². The lowest BCUT2D eigenvalue weighted by atomic mass is 10.0. The largest absolute Gasteiger partial charge is 0.207 e. The van der Waals surface area contributed by atoms with Gasteiger partial charge in [-0.3, -0.25) is 0 Å². The fourth-order valence-corrected chi connectivity index (χ4v) is 2.36. The number of hydrogen-bond acceptors (Lipinski definition) is 0. The van der Waals surface area contributed by atoms with E-state index in [-0.39, 0.29) is 11.6 Å². The fraction of sp³-hybridized carbons (Fsp3) is 0.143. The molecule has 0 spiro atoms. The molecule has 1 unspecified atom stereocenters. The van der Waals surface area contributed by atoms with Crippen LogP contribution < -0.4 is 0 Å². The molecule has 0 aromatic heterocycles. The summed E-state index contributed by atoms with van der Waals surface area (Å²) >= 11 is 9.43. The number of hydrogen-bond donors (Lipinski definition) is 0. The Balaban J connectivity index is 2.37. The van der Waals surface area contributed by atoms with Gasteiger partial charge in [0, 0.05) is 0 Å². The average Bonchev–Trinajstić information content (AvgIpc) is 2.35. The zero-order valence-electron chi connectivity index (χ0n) is 9.55. The van der Waals surface area contributed by atoms with Crippen molar-refractivity contribution in [3.63, 3.8) is 0 Å². The Bertz CT molecular complexity index is 533. The monoisotopic (exact) mass is 330 g/mol. The van der Waals surface area contributed by atoms with E-state index < -0.39 is 5.38 Å². The summed E-state index contributed by atoms with van der Waals surface area (Å²) in [5.41, 5.74) is 2.09. The molecule has 0 fully saturated rings. The second-order valence-electron chi connectivity index (χ2n) is 4.04. The van der Waals surface area contributed by atoms with Crippen molar-refractivity contribution >= 4 is 27.5 Å². The molecule has 0 nitrogen and oxygen atoms in total. The molecule has 0 radical (unpaired) electrons. The van der Waals surface area contributed by atoms with Crippen molar-refractivity contribution in [1.82, 2.24) is 0 Å². The van der Waals surface area contributed by atoms with Gasteiger partial charge in [0.2, 0.25) is 0 Å². The van der Waals surface area contributed by atoms with Gasteiger partial charge < -0.3 is 0 Å². The molecule has 2 rings (SSSR count).